The second kappa shape index (κ2) is 6.95. The van der Waals surface area contributed by atoms with Crippen molar-refractivity contribution in [3.8, 4) is 11.5 Å². The number of hydrogen-bond donors (Lipinski definition) is 2. The molecule has 6 heteroatoms. The van der Waals surface area contributed by atoms with Gasteiger partial charge in [0.15, 0.2) is 0 Å². The van der Waals surface area contributed by atoms with E-state index in [1.165, 1.54) is 30.3 Å². The van der Waals surface area contributed by atoms with Gasteiger partial charge >= 0.3 is 0 Å². The monoisotopic (exact) mass is 326 g/mol. The SMILES string of the molecule is O=C1C=CC(NC(=O)c2ccccc2Oc2ccc(F)cc2)CN1. The molecule has 1 heterocycles. The van der Waals surface area contributed by atoms with E-state index < -0.39 is 0 Å². The fraction of sp³-hybridized carbons (Fsp3) is 0.111. The number of halogens is 1. The van der Waals surface area contributed by atoms with Gasteiger partial charge in [-0.3, -0.25) is 9.59 Å². The van der Waals surface area contributed by atoms with Crippen molar-refractivity contribution in [3.05, 3.63) is 72.1 Å². The Morgan fingerprint density at radius 2 is 1.92 bits per heavy atom. The van der Waals surface area contributed by atoms with Crippen LogP contribution in [-0.4, -0.2) is 24.4 Å². The molecule has 0 radical (unpaired) electrons. The van der Waals surface area contributed by atoms with E-state index in [0.29, 0.717) is 23.6 Å². The second-order valence-corrected chi connectivity index (χ2v) is 5.24. The smallest absolute Gasteiger partial charge is 0.255 e. The molecular weight excluding hydrogens is 311 g/mol. The van der Waals surface area contributed by atoms with Crippen LogP contribution < -0.4 is 15.4 Å². The molecular formula is C18H15FN2O3. The van der Waals surface area contributed by atoms with Crippen LogP contribution in [0.4, 0.5) is 4.39 Å². The number of para-hydroxylation sites is 1. The number of benzene rings is 2. The van der Waals surface area contributed by atoms with Crippen molar-refractivity contribution >= 4 is 11.8 Å². The van der Waals surface area contributed by atoms with E-state index in [2.05, 4.69) is 10.6 Å². The number of amides is 2. The summed E-state index contributed by atoms with van der Waals surface area (Å²) in [5.74, 6) is -0.0644. The number of rotatable bonds is 4. The maximum Gasteiger partial charge on any atom is 0.255 e. The second-order valence-electron chi connectivity index (χ2n) is 5.24. The predicted molar refractivity (Wildman–Crippen MR) is 86.3 cm³/mol. The lowest BCUT2D eigenvalue weighted by Crippen LogP contribution is -2.44. The van der Waals surface area contributed by atoms with Gasteiger partial charge in [-0.25, -0.2) is 4.39 Å². The summed E-state index contributed by atoms with van der Waals surface area (Å²) in [5, 5.41) is 5.45. The molecule has 0 spiro atoms. The molecule has 0 saturated carbocycles. The summed E-state index contributed by atoms with van der Waals surface area (Å²) >= 11 is 0. The largest absolute Gasteiger partial charge is 0.457 e. The zero-order chi connectivity index (χ0) is 16.9. The average molecular weight is 326 g/mol. The highest BCUT2D eigenvalue weighted by molar-refractivity contribution is 5.97. The molecule has 0 bridgehead atoms. The molecule has 0 saturated heterocycles. The van der Waals surface area contributed by atoms with E-state index in [4.69, 9.17) is 4.74 Å². The summed E-state index contributed by atoms with van der Waals surface area (Å²) in [7, 11) is 0. The third-order valence-corrected chi connectivity index (χ3v) is 3.47. The first-order chi connectivity index (χ1) is 11.6. The Hall–Kier alpha value is -3.15. The van der Waals surface area contributed by atoms with Crippen molar-refractivity contribution < 1.29 is 18.7 Å². The van der Waals surface area contributed by atoms with Crippen LogP contribution in [-0.2, 0) is 4.79 Å². The normalized spacial score (nSPS) is 16.4. The third-order valence-electron chi connectivity index (χ3n) is 3.47. The first-order valence-corrected chi connectivity index (χ1v) is 7.41. The molecule has 2 amide bonds. The van der Waals surface area contributed by atoms with Crippen molar-refractivity contribution in [3.63, 3.8) is 0 Å². The van der Waals surface area contributed by atoms with Gasteiger partial charge in [0, 0.05) is 12.6 Å². The molecule has 2 N–H and O–H groups in total. The van der Waals surface area contributed by atoms with Crippen LogP contribution in [0.3, 0.4) is 0 Å². The van der Waals surface area contributed by atoms with Crippen LogP contribution in [0.2, 0.25) is 0 Å². The Bertz CT molecular complexity index is 787. The van der Waals surface area contributed by atoms with Crippen LogP contribution in [0.5, 0.6) is 11.5 Å². The minimum atomic E-state index is -0.362. The van der Waals surface area contributed by atoms with E-state index >= 15 is 0 Å². The molecule has 1 atom stereocenters. The van der Waals surface area contributed by atoms with Crippen molar-refractivity contribution in [1.82, 2.24) is 10.6 Å². The minimum Gasteiger partial charge on any atom is -0.457 e. The van der Waals surface area contributed by atoms with Gasteiger partial charge in [-0.05, 0) is 36.4 Å². The van der Waals surface area contributed by atoms with Gasteiger partial charge < -0.3 is 15.4 Å². The molecule has 2 aromatic rings. The number of carbonyl (C=O) groups excluding carboxylic acids is 2. The standard InChI is InChI=1S/C18H15FN2O3/c19-12-5-8-14(9-6-12)24-16-4-2-1-3-15(16)18(23)21-13-7-10-17(22)20-11-13/h1-10,13H,11H2,(H,20,22)(H,21,23). The molecule has 122 valence electrons. The topological polar surface area (TPSA) is 67.4 Å². The quantitative estimate of drug-likeness (QED) is 0.907. The van der Waals surface area contributed by atoms with E-state index in [0.717, 1.165) is 0 Å². The average Bonchev–Trinajstić information content (AvgIpc) is 2.59. The van der Waals surface area contributed by atoms with Gasteiger partial charge in [-0.1, -0.05) is 18.2 Å². The zero-order valence-corrected chi connectivity index (χ0v) is 12.7. The maximum atomic E-state index is 13.0. The molecule has 24 heavy (non-hydrogen) atoms. The van der Waals surface area contributed by atoms with Crippen molar-refractivity contribution in [2.45, 2.75) is 6.04 Å². The van der Waals surface area contributed by atoms with E-state index in [1.54, 1.807) is 30.3 Å². The molecule has 5 nitrogen and oxygen atoms in total. The molecule has 1 aliphatic rings. The lowest BCUT2D eigenvalue weighted by Gasteiger charge is -2.19. The lowest BCUT2D eigenvalue weighted by molar-refractivity contribution is -0.116. The fourth-order valence-corrected chi connectivity index (χ4v) is 2.26. The van der Waals surface area contributed by atoms with Crippen LogP contribution in [0, 0.1) is 5.82 Å². The Morgan fingerprint density at radius 1 is 1.17 bits per heavy atom. The van der Waals surface area contributed by atoms with E-state index in [1.807, 2.05) is 0 Å². The number of carbonyl (C=O) groups is 2. The Balaban J connectivity index is 1.75. The predicted octanol–water partition coefficient (Wildman–Crippen LogP) is 2.40. The Kier molecular flexibility index (Phi) is 4.56. The Labute approximate surface area is 138 Å². The highest BCUT2D eigenvalue weighted by Crippen LogP contribution is 2.25. The van der Waals surface area contributed by atoms with Gasteiger partial charge in [0.2, 0.25) is 5.91 Å². The minimum absolute atomic E-state index is 0.180. The zero-order valence-electron chi connectivity index (χ0n) is 12.7. The first-order valence-electron chi connectivity index (χ1n) is 7.41. The van der Waals surface area contributed by atoms with Gasteiger partial charge in [-0.15, -0.1) is 0 Å². The number of nitrogens with one attached hydrogen (secondary N) is 2. The number of ether oxygens (including phenoxy) is 1. The Morgan fingerprint density at radius 3 is 2.62 bits per heavy atom. The molecule has 0 aromatic heterocycles. The molecule has 0 aliphatic carbocycles. The summed E-state index contributed by atoms with van der Waals surface area (Å²) < 4.78 is 18.6. The first kappa shape index (κ1) is 15.7. The summed E-state index contributed by atoms with van der Waals surface area (Å²) in [4.78, 5) is 23.6. The van der Waals surface area contributed by atoms with Crippen LogP contribution in [0.1, 0.15) is 10.4 Å². The summed E-state index contributed by atoms with van der Waals surface area (Å²) in [5.41, 5.74) is 0.354. The van der Waals surface area contributed by atoms with Gasteiger partial charge in [0.25, 0.3) is 5.91 Å². The third kappa shape index (κ3) is 3.78. The van der Waals surface area contributed by atoms with E-state index in [9.17, 15) is 14.0 Å². The van der Waals surface area contributed by atoms with Gasteiger partial charge in [-0.2, -0.15) is 0 Å². The van der Waals surface area contributed by atoms with Gasteiger partial charge in [0.05, 0.1) is 11.6 Å². The highest BCUT2D eigenvalue weighted by Gasteiger charge is 2.18. The molecule has 2 aromatic carbocycles. The molecule has 0 fully saturated rings. The van der Waals surface area contributed by atoms with Crippen LogP contribution in [0.15, 0.2) is 60.7 Å². The fourth-order valence-electron chi connectivity index (χ4n) is 2.26. The summed E-state index contributed by atoms with van der Waals surface area (Å²) in [6, 6.07) is 12.0. The van der Waals surface area contributed by atoms with Crippen molar-refractivity contribution in [1.29, 1.82) is 0 Å². The summed E-state index contributed by atoms with van der Waals surface area (Å²) in [6.45, 7) is 0.335. The van der Waals surface area contributed by atoms with Crippen LogP contribution >= 0.6 is 0 Å². The molecule has 1 unspecified atom stereocenters. The summed E-state index contributed by atoms with van der Waals surface area (Å²) in [6.07, 6.45) is 3.02. The van der Waals surface area contributed by atoms with Crippen LogP contribution in [0.25, 0.3) is 0 Å². The maximum absolute atomic E-state index is 13.0. The lowest BCUT2D eigenvalue weighted by atomic mass is 10.1. The van der Waals surface area contributed by atoms with Crippen molar-refractivity contribution in [2.24, 2.45) is 0 Å². The van der Waals surface area contributed by atoms with E-state index in [-0.39, 0.29) is 23.7 Å². The van der Waals surface area contributed by atoms with Crippen molar-refractivity contribution in [2.75, 3.05) is 6.54 Å². The highest BCUT2D eigenvalue weighted by atomic mass is 19.1. The number of hydrogen-bond acceptors (Lipinski definition) is 3. The van der Waals surface area contributed by atoms with Gasteiger partial charge in [0.1, 0.15) is 17.3 Å². The molecule has 1 aliphatic heterocycles. The molecule has 3 rings (SSSR count).